The Kier molecular flexibility index (Phi) is 4.25. The van der Waals surface area contributed by atoms with Crippen LogP contribution in [0.1, 0.15) is 13.8 Å². The van der Waals surface area contributed by atoms with Crippen molar-refractivity contribution in [1.82, 2.24) is 4.72 Å². The molecule has 0 fully saturated rings. The molecule has 1 aromatic carbocycles. The summed E-state index contributed by atoms with van der Waals surface area (Å²) in [5.41, 5.74) is 6.01. The lowest BCUT2D eigenvalue weighted by Crippen LogP contribution is -2.25. The van der Waals surface area contributed by atoms with Gasteiger partial charge in [0.15, 0.2) is 0 Å². The van der Waals surface area contributed by atoms with Crippen LogP contribution in [0.15, 0.2) is 34.7 Å². The van der Waals surface area contributed by atoms with E-state index in [1.165, 1.54) is 12.1 Å². The number of nitrogen functional groups attached to an aromatic ring is 1. The third-order valence-corrected chi connectivity index (χ3v) is 3.57. The van der Waals surface area contributed by atoms with Gasteiger partial charge in [-0.3, -0.25) is 0 Å². The average Bonchev–Trinajstić information content (AvgIpc) is 2.21. The van der Waals surface area contributed by atoms with Crippen LogP contribution in [0.3, 0.4) is 0 Å². The van der Waals surface area contributed by atoms with Crippen LogP contribution in [0, 0.1) is 5.82 Å². The van der Waals surface area contributed by atoms with Crippen molar-refractivity contribution >= 4 is 15.7 Å². The highest BCUT2D eigenvalue weighted by molar-refractivity contribution is 7.89. The van der Waals surface area contributed by atoms with Crippen molar-refractivity contribution in [2.45, 2.75) is 18.7 Å². The number of para-hydroxylation sites is 1. The van der Waals surface area contributed by atoms with Crippen LogP contribution in [0.25, 0.3) is 0 Å². The van der Waals surface area contributed by atoms with Gasteiger partial charge in [-0.05, 0) is 26.0 Å². The summed E-state index contributed by atoms with van der Waals surface area (Å²) in [5.74, 6) is -0.741. The Hall–Kier alpha value is -1.40. The number of hydrogen-bond acceptors (Lipinski definition) is 3. The zero-order chi connectivity index (χ0) is 13.1. The zero-order valence-electron chi connectivity index (χ0n) is 9.70. The first-order valence-electron chi connectivity index (χ1n) is 5.01. The smallest absolute Gasteiger partial charge is 0.243 e. The monoisotopic (exact) mass is 258 g/mol. The van der Waals surface area contributed by atoms with Gasteiger partial charge in [-0.25, -0.2) is 17.5 Å². The van der Waals surface area contributed by atoms with Gasteiger partial charge in [0.25, 0.3) is 0 Å². The van der Waals surface area contributed by atoms with E-state index in [0.717, 1.165) is 11.6 Å². The highest BCUT2D eigenvalue weighted by Gasteiger charge is 2.18. The van der Waals surface area contributed by atoms with E-state index in [0.29, 0.717) is 0 Å². The van der Waals surface area contributed by atoms with Crippen molar-refractivity contribution in [3.05, 3.63) is 35.7 Å². The first-order chi connectivity index (χ1) is 7.84. The van der Waals surface area contributed by atoms with Gasteiger partial charge in [0.05, 0.1) is 5.69 Å². The van der Waals surface area contributed by atoms with Gasteiger partial charge in [0.1, 0.15) is 10.7 Å². The molecule has 17 heavy (non-hydrogen) atoms. The fraction of sp³-hybridized carbons (Fsp3) is 0.273. The van der Waals surface area contributed by atoms with E-state index in [4.69, 9.17) is 5.73 Å². The van der Waals surface area contributed by atoms with Crippen LogP contribution in [-0.2, 0) is 10.0 Å². The van der Waals surface area contributed by atoms with Crippen LogP contribution in [0.4, 0.5) is 10.1 Å². The quantitative estimate of drug-likeness (QED) is 0.637. The predicted molar refractivity (Wildman–Crippen MR) is 65.4 cm³/mol. The molecule has 94 valence electrons. The van der Waals surface area contributed by atoms with E-state index in [-0.39, 0.29) is 17.1 Å². The molecule has 6 heteroatoms. The minimum absolute atomic E-state index is 0.153. The Morgan fingerprint density at radius 3 is 2.71 bits per heavy atom. The second-order valence-electron chi connectivity index (χ2n) is 3.79. The standard InChI is InChI=1S/C11H15FN2O2S/c1-8(2)6-7-14-17(15,16)10-5-3-4-9(12)11(10)13/h3-6,14H,7,13H2,1-2H3. The largest absolute Gasteiger partial charge is 0.395 e. The second-order valence-corrected chi connectivity index (χ2v) is 5.52. The van der Waals surface area contributed by atoms with Crippen molar-refractivity contribution in [2.24, 2.45) is 0 Å². The summed E-state index contributed by atoms with van der Waals surface area (Å²) in [7, 11) is -3.77. The van der Waals surface area contributed by atoms with Gasteiger partial charge >= 0.3 is 0 Å². The van der Waals surface area contributed by atoms with Crippen LogP contribution in [0.5, 0.6) is 0 Å². The van der Waals surface area contributed by atoms with Gasteiger partial charge in [-0.15, -0.1) is 0 Å². The molecule has 0 atom stereocenters. The molecule has 0 amide bonds. The molecule has 0 radical (unpaired) electrons. The number of sulfonamides is 1. The maximum Gasteiger partial charge on any atom is 0.243 e. The Morgan fingerprint density at radius 2 is 2.12 bits per heavy atom. The van der Waals surface area contributed by atoms with Gasteiger partial charge in [-0.1, -0.05) is 17.7 Å². The molecule has 4 nitrogen and oxygen atoms in total. The molecule has 0 unspecified atom stereocenters. The lowest BCUT2D eigenvalue weighted by atomic mass is 10.3. The third-order valence-electron chi connectivity index (χ3n) is 2.09. The first kappa shape index (κ1) is 13.7. The second kappa shape index (κ2) is 5.29. The molecule has 0 bridgehead atoms. The topological polar surface area (TPSA) is 72.2 Å². The summed E-state index contributed by atoms with van der Waals surface area (Å²) in [5, 5.41) is 0. The predicted octanol–water partition coefficient (Wildman–Crippen LogP) is 1.65. The van der Waals surface area contributed by atoms with E-state index in [2.05, 4.69) is 4.72 Å². The van der Waals surface area contributed by atoms with Crippen LogP contribution in [-0.4, -0.2) is 15.0 Å². The van der Waals surface area contributed by atoms with Gasteiger partial charge in [0.2, 0.25) is 10.0 Å². The van der Waals surface area contributed by atoms with Crippen LogP contribution < -0.4 is 10.5 Å². The van der Waals surface area contributed by atoms with E-state index < -0.39 is 15.8 Å². The molecule has 0 aliphatic carbocycles. The van der Waals surface area contributed by atoms with Gasteiger partial charge in [-0.2, -0.15) is 0 Å². The molecule has 0 saturated carbocycles. The average molecular weight is 258 g/mol. The minimum atomic E-state index is -3.77. The van der Waals surface area contributed by atoms with Gasteiger partial charge in [0, 0.05) is 6.54 Å². The molecule has 1 rings (SSSR count). The fourth-order valence-electron chi connectivity index (χ4n) is 1.18. The molecule has 0 aliphatic rings. The maximum absolute atomic E-state index is 13.1. The minimum Gasteiger partial charge on any atom is -0.395 e. The van der Waals surface area contributed by atoms with E-state index in [1.807, 2.05) is 13.8 Å². The molecule has 3 N–H and O–H groups in total. The van der Waals surface area contributed by atoms with E-state index >= 15 is 0 Å². The van der Waals surface area contributed by atoms with Crippen molar-refractivity contribution in [1.29, 1.82) is 0 Å². The fourth-order valence-corrected chi connectivity index (χ4v) is 2.29. The lowest BCUT2D eigenvalue weighted by Gasteiger charge is -2.08. The SMILES string of the molecule is CC(C)=CCNS(=O)(=O)c1cccc(F)c1N. The zero-order valence-corrected chi connectivity index (χ0v) is 10.5. The summed E-state index contributed by atoms with van der Waals surface area (Å²) >= 11 is 0. The molecular weight excluding hydrogens is 243 g/mol. The normalized spacial score (nSPS) is 11.2. The number of allylic oxidation sites excluding steroid dienone is 1. The Morgan fingerprint density at radius 1 is 1.47 bits per heavy atom. The molecular formula is C11H15FN2O2S. The van der Waals surface area contributed by atoms with Crippen LogP contribution in [0.2, 0.25) is 0 Å². The molecule has 0 aromatic heterocycles. The molecule has 0 aliphatic heterocycles. The summed E-state index contributed by atoms with van der Waals surface area (Å²) in [6.07, 6.45) is 1.72. The third kappa shape index (κ3) is 3.54. The van der Waals surface area contributed by atoms with Crippen LogP contribution >= 0.6 is 0 Å². The number of nitrogens with one attached hydrogen (secondary N) is 1. The summed E-state index contributed by atoms with van der Waals surface area (Å²) in [4.78, 5) is -0.236. The number of nitrogens with two attached hydrogens (primary N) is 1. The van der Waals surface area contributed by atoms with Gasteiger partial charge < -0.3 is 5.73 Å². The van der Waals surface area contributed by atoms with Crippen molar-refractivity contribution in [3.63, 3.8) is 0 Å². The van der Waals surface area contributed by atoms with Crippen molar-refractivity contribution < 1.29 is 12.8 Å². The number of anilines is 1. The lowest BCUT2D eigenvalue weighted by molar-refractivity contribution is 0.583. The number of rotatable bonds is 4. The Bertz CT molecular complexity index is 534. The highest BCUT2D eigenvalue weighted by Crippen LogP contribution is 2.20. The molecule has 0 saturated heterocycles. The highest BCUT2D eigenvalue weighted by atomic mass is 32.2. The number of halogens is 1. The molecule has 0 heterocycles. The van der Waals surface area contributed by atoms with Crippen molar-refractivity contribution in [3.8, 4) is 0 Å². The van der Waals surface area contributed by atoms with Crippen molar-refractivity contribution in [2.75, 3.05) is 12.3 Å². The Balaban J connectivity index is 2.98. The maximum atomic E-state index is 13.1. The van der Waals surface area contributed by atoms with E-state index in [9.17, 15) is 12.8 Å². The summed E-state index contributed by atoms with van der Waals surface area (Å²) in [6, 6.07) is 3.69. The number of hydrogen-bond donors (Lipinski definition) is 2. The molecule has 0 spiro atoms. The first-order valence-corrected chi connectivity index (χ1v) is 6.50. The number of benzene rings is 1. The Labute approximate surface area is 100 Å². The molecule has 1 aromatic rings. The summed E-state index contributed by atoms with van der Waals surface area (Å²) in [6.45, 7) is 3.86. The summed E-state index contributed by atoms with van der Waals surface area (Å²) < 4.78 is 39.1. The van der Waals surface area contributed by atoms with E-state index in [1.54, 1.807) is 6.08 Å².